The van der Waals surface area contributed by atoms with E-state index < -0.39 is 56.3 Å². The molecule has 0 aliphatic rings. The van der Waals surface area contributed by atoms with E-state index in [1.807, 2.05) is 0 Å². The van der Waals surface area contributed by atoms with Crippen LogP contribution in [-0.4, -0.2) is 41.4 Å². The molecule has 4 rings (SSSR count). The zero-order chi connectivity index (χ0) is 27.8. The molecular weight excluding hydrogens is 530 g/mol. The molecule has 0 bridgehead atoms. The van der Waals surface area contributed by atoms with Crippen molar-refractivity contribution in [2.24, 2.45) is 0 Å². The molecule has 0 aliphatic carbocycles. The third-order valence-corrected chi connectivity index (χ3v) is 6.56. The monoisotopic (exact) mass is 547 g/mol. The Kier molecular flexibility index (Phi) is 6.80. The summed E-state index contributed by atoms with van der Waals surface area (Å²) in [7, 11) is -3.65. The van der Waals surface area contributed by atoms with Crippen LogP contribution in [0.1, 0.15) is 26.5 Å². The molecule has 1 aromatic heterocycles. The van der Waals surface area contributed by atoms with Crippen molar-refractivity contribution in [1.82, 2.24) is 9.78 Å². The molecule has 0 atom stereocenters. The Morgan fingerprint density at radius 3 is 2.26 bits per heavy atom. The first-order valence-electron chi connectivity index (χ1n) is 10.7. The number of carboxylic acid groups (broad SMARTS) is 1. The molecule has 0 saturated heterocycles. The van der Waals surface area contributed by atoms with Gasteiger partial charge in [-0.2, -0.15) is 18.3 Å². The lowest BCUT2D eigenvalue weighted by molar-refractivity contribution is -0.141. The molecule has 38 heavy (non-hydrogen) atoms. The molecule has 8 nitrogen and oxygen atoms in total. The highest BCUT2D eigenvalue weighted by Gasteiger charge is 2.36. The SMILES string of the molecule is CS(=O)(=O)c1ccccc1-c1ccc(NC(=O)c2cc(C(F)(F)F)nn2-c2ccccc2C(=O)O)c(F)c1. The third kappa shape index (κ3) is 5.27. The van der Waals surface area contributed by atoms with Crippen LogP contribution in [0.5, 0.6) is 0 Å². The number of nitrogens with one attached hydrogen (secondary N) is 1. The van der Waals surface area contributed by atoms with E-state index in [0.717, 1.165) is 24.5 Å². The van der Waals surface area contributed by atoms with Crippen LogP contribution in [0, 0.1) is 5.82 Å². The first-order valence-corrected chi connectivity index (χ1v) is 12.6. The largest absolute Gasteiger partial charge is 0.478 e. The molecule has 0 radical (unpaired) electrons. The third-order valence-electron chi connectivity index (χ3n) is 5.41. The number of para-hydroxylation sites is 1. The first kappa shape index (κ1) is 26.5. The van der Waals surface area contributed by atoms with Gasteiger partial charge in [-0.15, -0.1) is 0 Å². The summed E-state index contributed by atoms with van der Waals surface area (Å²) in [5.41, 5.74) is -2.91. The van der Waals surface area contributed by atoms with Crippen molar-refractivity contribution in [2.45, 2.75) is 11.1 Å². The lowest BCUT2D eigenvalue weighted by Crippen LogP contribution is -2.19. The summed E-state index contributed by atoms with van der Waals surface area (Å²) in [6, 6.07) is 14.7. The predicted octanol–water partition coefficient (Wildman–Crippen LogP) is 5.05. The minimum atomic E-state index is -4.96. The fourth-order valence-electron chi connectivity index (χ4n) is 3.70. The average Bonchev–Trinajstić information content (AvgIpc) is 3.31. The predicted molar refractivity (Wildman–Crippen MR) is 128 cm³/mol. The van der Waals surface area contributed by atoms with Crippen molar-refractivity contribution in [1.29, 1.82) is 0 Å². The molecule has 1 heterocycles. The van der Waals surface area contributed by atoms with Crippen LogP contribution >= 0.6 is 0 Å². The number of aromatic carboxylic acids is 1. The molecule has 0 aliphatic heterocycles. The van der Waals surface area contributed by atoms with Crippen molar-refractivity contribution in [3.63, 3.8) is 0 Å². The normalized spacial score (nSPS) is 11.8. The number of carboxylic acids is 1. The summed E-state index contributed by atoms with van der Waals surface area (Å²) in [5, 5.41) is 15.0. The fourth-order valence-corrected chi connectivity index (χ4v) is 4.61. The van der Waals surface area contributed by atoms with Crippen molar-refractivity contribution < 1.29 is 40.7 Å². The van der Waals surface area contributed by atoms with Gasteiger partial charge in [0, 0.05) is 17.9 Å². The van der Waals surface area contributed by atoms with E-state index in [9.17, 15) is 40.7 Å². The molecule has 196 valence electrons. The molecule has 4 aromatic rings. The van der Waals surface area contributed by atoms with E-state index in [1.54, 1.807) is 6.07 Å². The van der Waals surface area contributed by atoms with Gasteiger partial charge in [-0.1, -0.05) is 36.4 Å². The molecular formula is C25H17F4N3O5S. The zero-order valence-corrected chi connectivity index (χ0v) is 20.1. The lowest BCUT2D eigenvalue weighted by atomic mass is 10.0. The van der Waals surface area contributed by atoms with E-state index in [4.69, 9.17) is 0 Å². The highest BCUT2D eigenvalue weighted by molar-refractivity contribution is 7.90. The van der Waals surface area contributed by atoms with Gasteiger partial charge in [-0.3, -0.25) is 4.79 Å². The van der Waals surface area contributed by atoms with Crippen molar-refractivity contribution in [3.05, 3.63) is 95.6 Å². The number of benzene rings is 3. The van der Waals surface area contributed by atoms with E-state index in [2.05, 4.69) is 10.4 Å². The summed E-state index contributed by atoms with van der Waals surface area (Å²) in [4.78, 5) is 24.5. The number of amides is 1. The van der Waals surface area contributed by atoms with Crippen LogP contribution in [0.3, 0.4) is 0 Å². The number of anilines is 1. The Hall–Kier alpha value is -4.52. The van der Waals surface area contributed by atoms with Crippen LogP contribution in [0.15, 0.2) is 77.7 Å². The summed E-state index contributed by atoms with van der Waals surface area (Å²) < 4.78 is 79.9. The average molecular weight is 547 g/mol. The maximum Gasteiger partial charge on any atom is 0.435 e. The molecule has 2 N–H and O–H groups in total. The van der Waals surface area contributed by atoms with Crippen LogP contribution < -0.4 is 5.32 Å². The highest BCUT2D eigenvalue weighted by atomic mass is 32.2. The second kappa shape index (κ2) is 9.74. The number of carbonyl (C=O) groups excluding carboxylic acids is 1. The number of hydrogen-bond acceptors (Lipinski definition) is 5. The fraction of sp³-hybridized carbons (Fsp3) is 0.0800. The number of rotatable bonds is 6. The number of aromatic nitrogens is 2. The van der Waals surface area contributed by atoms with Gasteiger partial charge >= 0.3 is 12.1 Å². The minimum Gasteiger partial charge on any atom is -0.478 e. The van der Waals surface area contributed by atoms with Gasteiger partial charge in [-0.05, 0) is 35.9 Å². The van der Waals surface area contributed by atoms with E-state index >= 15 is 0 Å². The van der Waals surface area contributed by atoms with Crippen molar-refractivity contribution in [2.75, 3.05) is 11.6 Å². The van der Waals surface area contributed by atoms with Gasteiger partial charge in [0.1, 0.15) is 11.5 Å². The quantitative estimate of drug-likeness (QED) is 0.326. The van der Waals surface area contributed by atoms with Crippen LogP contribution in [0.4, 0.5) is 23.2 Å². The maximum absolute atomic E-state index is 15.0. The molecule has 1 amide bonds. The highest BCUT2D eigenvalue weighted by Crippen LogP contribution is 2.32. The molecule has 3 aromatic carbocycles. The summed E-state index contributed by atoms with van der Waals surface area (Å²) in [5.74, 6) is -3.66. The molecule has 0 fully saturated rings. The van der Waals surface area contributed by atoms with Crippen LogP contribution in [0.2, 0.25) is 0 Å². The smallest absolute Gasteiger partial charge is 0.435 e. The van der Waals surface area contributed by atoms with Crippen LogP contribution in [0.25, 0.3) is 16.8 Å². The molecule has 0 spiro atoms. The standard InChI is InChI=1S/C25H17F4N3O5S/c1-38(36,37)21-9-5-3-6-15(21)14-10-11-18(17(26)12-14)30-23(33)20-13-22(25(27,28)29)31-32(20)19-8-4-2-7-16(19)24(34)35/h2-13H,1H3,(H,30,33)(H,34,35). The number of nitrogens with zero attached hydrogens (tertiary/aromatic N) is 2. The number of alkyl halides is 3. The van der Waals surface area contributed by atoms with Gasteiger partial charge in [0.2, 0.25) is 0 Å². The Morgan fingerprint density at radius 1 is 0.974 bits per heavy atom. The Labute approximate surface area is 213 Å². The minimum absolute atomic E-state index is 0.0446. The topological polar surface area (TPSA) is 118 Å². The van der Waals surface area contributed by atoms with E-state index in [1.165, 1.54) is 42.5 Å². The number of hydrogen-bond donors (Lipinski definition) is 2. The van der Waals surface area contributed by atoms with E-state index in [0.29, 0.717) is 10.7 Å². The van der Waals surface area contributed by atoms with Crippen molar-refractivity contribution in [3.8, 4) is 16.8 Å². The Balaban J connectivity index is 1.74. The summed E-state index contributed by atoms with van der Waals surface area (Å²) in [6.07, 6.45) is -3.96. The van der Waals surface area contributed by atoms with Crippen LogP contribution in [-0.2, 0) is 16.0 Å². The van der Waals surface area contributed by atoms with Gasteiger partial charge in [0.05, 0.1) is 21.8 Å². The van der Waals surface area contributed by atoms with E-state index in [-0.39, 0.29) is 21.7 Å². The van der Waals surface area contributed by atoms with Gasteiger partial charge in [0.15, 0.2) is 15.5 Å². The molecule has 0 unspecified atom stereocenters. The second-order valence-corrected chi connectivity index (χ2v) is 10.0. The maximum atomic E-state index is 15.0. The second-order valence-electron chi connectivity index (χ2n) is 8.06. The summed E-state index contributed by atoms with van der Waals surface area (Å²) >= 11 is 0. The zero-order valence-electron chi connectivity index (χ0n) is 19.3. The van der Waals surface area contributed by atoms with Gasteiger partial charge < -0.3 is 10.4 Å². The van der Waals surface area contributed by atoms with Crippen molar-refractivity contribution >= 4 is 27.4 Å². The van der Waals surface area contributed by atoms with Gasteiger partial charge in [0.25, 0.3) is 5.91 Å². The van der Waals surface area contributed by atoms with Gasteiger partial charge in [-0.25, -0.2) is 22.3 Å². The Bertz CT molecular complexity index is 1680. The molecule has 0 saturated carbocycles. The number of sulfone groups is 1. The summed E-state index contributed by atoms with van der Waals surface area (Å²) in [6.45, 7) is 0. The first-order chi connectivity index (χ1) is 17.8. The Morgan fingerprint density at radius 2 is 1.63 bits per heavy atom. The lowest BCUT2D eigenvalue weighted by Gasteiger charge is -2.12. The number of carbonyl (C=O) groups is 2. The number of halogens is 4. The molecule has 13 heteroatoms.